The number of hydrogen-bond donors (Lipinski definition) is 1. The van der Waals surface area contributed by atoms with Crippen LogP contribution in [0, 0.1) is 6.92 Å². The predicted molar refractivity (Wildman–Crippen MR) is 164 cm³/mol. The van der Waals surface area contributed by atoms with Gasteiger partial charge in [0.2, 0.25) is 10.0 Å². The molecule has 0 fully saturated rings. The Morgan fingerprint density at radius 3 is 2.12 bits per heavy atom. The number of rotatable bonds is 13. The maximum absolute atomic E-state index is 11.9. The second-order valence-electron chi connectivity index (χ2n) is 10.1. The Balaban J connectivity index is 1.53. The number of nitrogens with one attached hydrogen (secondary N) is 1. The molecule has 0 heterocycles. The lowest BCUT2D eigenvalue weighted by Gasteiger charge is -2.28. The largest absolute Gasteiger partial charge is 0.491 e. The van der Waals surface area contributed by atoms with E-state index < -0.39 is 10.0 Å². The summed E-state index contributed by atoms with van der Waals surface area (Å²) >= 11 is 0. The molecule has 6 nitrogen and oxygen atoms in total. The summed E-state index contributed by atoms with van der Waals surface area (Å²) in [6.07, 6.45) is 3.41. The molecule has 1 N–H and O–H groups in total. The maximum atomic E-state index is 11.9. The van der Waals surface area contributed by atoms with Crippen molar-refractivity contribution in [3.05, 3.63) is 114 Å². The summed E-state index contributed by atoms with van der Waals surface area (Å²) in [7, 11) is -3.39. The Bertz CT molecular complexity index is 1490. The van der Waals surface area contributed by atoms with Crippen molar-refractivity contribution in [3.63, 3.8) is 0 Å². The van der Waals surface area contributed by atoms with Crippen molar-refractivity contribution in [3.8, 4) is 17.2 Å². The first-order chi connectivity index (χ1) is 19.2. The first-order valence-electron chi connectivity index (χ1n) is 13.6. The highest BCUT2D eigenvalue weighted by atomic mass is 32.2. The van der Waals surface area contributed by atoms with Crippen LogP contribution >= 0.6 is 0 Å². The minimum Gasteiger partial charge on any atom is -0.491 e. The molecule has 4 aromatic rings. The second kappa shape index (κ2) is 13.4. The highest BCUT2D eigenvalue weighted by Gasteiger charge is 2.15. The predicted octanol–water partition coefficient (Wildman–Crippen LogP) is 7.93. The molecule has 0 aliphatic heterocycles. The molecule has 0 amide bonds. The summed E-state index contributed by atoms with van der Waals surface area (Å²) in [5, 5.41) is 0. The van der Waals surface area contributed by atoms with Gasteiger partial charge in [-0.2, -0.15) is 0 Å². The Kier molecular flexibility index (Phi) is 9.72. The van der Waals surface area contributed by atoms with E-state index in [0.717, 1.165) is 46.9 Å². The lowest BCUT2D eigenvalue weighted by atomic mass is 10.1. The molecule has 1 atom stereocenters. The van der Waals surface area contributed by atoms with Crippen LogP contribution in [0.4, 0.5) is 11.4 Å². The Hall–Kier alpha value is -3.97. The summed E-state index contributed by atoms with van der Waals surface area (Å²) in [6, 6.07) is 31.7. The van der Waals surface area contributed by atoms with Gasteiger partial charge < -0.3 is 14.4 Å². The van der Waals surface area contributed by atoms with E-state index in [1.54, 1.807) is 6.07 Å². The first kappa shape index (κ1) is 29.0. The van der Waals surface area contributed by atoms with Gasteiger partial charge in [-0.1, -0.05) is 67.9 Å². The van der Waals surface area contributed by atoms with E-state index in [-0.39, 0.29) is 6.10 Å². The Labute approximate surface area is 238 Å². The van der Waals surface area contributed by atoms with Crippen LogP contribution < -0.4 is 19.1 Å². The first-order valence-corrected chi connectivity index (χ1v) is 15.5. The fourth-order valence-electron chi connectivity index (χ4n) is 4.63. The van der Waals surface area contributed by atoms with Gasteiger partial charge in [-0.05, 0) is 73.4 Å². The minimum atomic E-state index is -3.39. The number of anilines is 2. The molecule has 0 aromatic heterocycles. The molecule has 210 valence electrons. The van der Waals surface area contributed by atoms with Gasteiger partial charge in [0.05, 0.1) is 18.0 Å². The molecule has 1 unspecified atom stereocenters. The van der Waals surface area contributed by atoms with E-state index in [1.165, 1.54) is 11.8 Å². The molecule has 0 saturated carbocycles. The molecule has 0 radical (unpaired) electrons. The van der Waals surface area contributed by atoms with Gasteiger partial charge in [0.25, 0.3) is 0 Å². The third-order valence-corrected chi connectivity index (χ3v) is 7.12. The van der Waals surface area contributed by atoms with Crippen LogP contribution in [0.15, 0.2) is 97.1 Å². The van der Waals surface area contributed by atoms with Crippen LogP contribution in [0.3, 0.4) is 0 Å². The van der Waals surface area contributed by atoms with Crippen LogP contribution in [-0.4, -0.2) is 20.8 Å². The summed E-state index contributed by atoms with van der Waals surface area (Å²) in [5.74, 6) is 2.27. The summed E-state index contributed by atoms with van der Waals surface area (Å²) in [4.78, 5) is 2.26. The van der Waals surface area contributed by atoms with Gasteiger partial charge in [-0.3, -0.25) is 4.72 Å². The molecule has 0 bridgehead atoms. The van der Waals surface area contributed by atoms with Gasteiger partial charge in [-0.25, -0.2) is 8.42 Å². The number of hydrogen-bond acceptors (Lipinski definition) is 5. The van der Waals surface area contributed by atoms with Crippen molar-refractivity contribution in [2.24, 2.45) is 0 Å². The van der Waals surface area contributed by atoms with E-state index in [2.05, 4.69) is 47.7 Å². The van der Waals surface area contributed by atoms with Crippen molar-refractivity contribution < 1.29 is 17.9 Å². The number of sulfonamides is 1. The van der Waals surface area contributed by atoms with Crippen LogP contribution in [-0.2, 0) is 23.1 Å². The zero-order valence-corrected chi connectivity index (χ0v) is 24.4. The molecule has 4 aromatic carbocycles. The fraction of sp³-hybridized carbons (Fsp3) is 0.273. The van der Waals surface area contributed by atoms with E-state index in [4.69, 9.17) is 9.47 Å². The van der Waals surface area contributed by atoms with Crippen LogP contribution in [0.5, 0.6) is 17.2 Å². The monoisotopic (exact) mass is 558 g/mol. The van der Waals surface area contributed by atoms with Crippen molar-refractivity contribution >= 4 is 21.4 Å². The van der Waals surface area contributed by atoms with Crippen molar-refractivity contribution in [2.45, 2.75) is 52.8 Å². The Morgan fingerprint density at radius 2 is 1.45 bits per heavy atom. The topological polar surface area (TPSA) is 67.9 Å². The maximum Gasteiger partial charge on any atom is 0.229 e. The molecule has 0 spiro atoms. The van der Waals surface area contributed by atoms with Gasteiger partial charge in [0.15, 0.2) is 0 Å². The summed E-state index contributed by atoms with van der Waals surface area (Å²) in [5.41, 5.74) is 4.69. The highest BCUT2D eigenvalue weighted by Crippen LogP contribution is 2.31. The fourth-order valence-corrected chi connectivity index (χ4v) is 5.26. The minimum absolute atomic E-state index is 0.157. The van der Waals surface area contributed by atoms with Crippen molar-refractivity contribution in [1.29, 1.82) is 0 Å². The van der Waals surface area contributed by atoms with Crippen LogP contribution in [0.25, 0.3) is 0 Å². The average Bonchev–Trinajstić information content (AvgIpc) is 2.91. The SMILES string of the molecule is CCCC(C)Oc1cccc(Oc2ccc(CN(Cc3ccccc3)c3cccc(NS(C)(=O)=O)c3C)cc2)c1. The summed E-state index contributed by atoms with van der Waals surface area (Å²) < 4.78 is 38.6. The third-order valence-electron chi connectivity index (χ3n) is 6.53. The Morgan fingerprint density at radius 1 is 0.800 bits per heavy atom. The molecule has 40 heavy (non-hydrogen) atoms. The van der Waals surface area contributed by atoms with Crippen LogP contribution in [0.2, 0.25) is 0 Å². The molecular formula is C33H38N2O4S. The van der Waals surface area contributed by atoms with E-state index in [0.29, 0.717) is 18.8 Å². The normalized spacial score (nSPS) is 12.0. The van der Waals surface area contributed by atoms with Gasteiger partial charge in [0, 0.05) is 24.8 Å². The van der Waals surface area contributed by atoms with E-state index in [1.807, 2.05) is 73.7 Å². The number of nitrogens with zero attached hydrogens (tertiary/aromatic N) is 1. The lowest BCUT2D eigenvalue weighted by Crippen LogP contribution is -2.23. The second-order valence-corrected chi connectivity index (χ2v) is 11.9. The van der Waals surface area contributed by atoms with Gasteiger partial charge in [-0.15, -0.1) is 0 Å². The zero-order valence-electron chi connectivity index (χ0n) is 23.6. The average molecular weight is 559 g/mol. The quantitative estimate of drug-likeness (QED) is 0.180. The van der Waals surface area contributed by atoms with Gasteiger partial charge in [0.1, 0.15) is 17.2 Å². The smallest absolute Gasteiger partial charge is 0.229 e. The standard InChI is InChI=1S/C33H38N2O4S/c1-5-11-25(2)38-30-14-9-15-31(22-30)39-29-20-18-28(19-21-29)24-35(23-27-12-7-6-8-13-27)33-17-10-16-32(26(33)3)34-40(4,36)37/h6-10,12-22,25,34H,5,11,23-24H2,1-4H3. The molecule has 7 heteroatoms. The zero-order chi connectivity index (χ0) is 28.5. The highest BCUT2D eigenvalue weighted by molar-refractivity contribution is 7.92. The van der Waals surface area contributed by atoms with E-state index in [9.17, 15) is 8.42 Å². The molecule has 0 aliphatic rings. The van der Waals surface area contributed by atoms with E-state index >= 15 is 0 Å². The van der Waals surface area contributed by atoms with Crippen LogP contribution in [0.1, 0.15) is 43.4 Å². The number of benzene rings is 4. The molecule has 0 aliphatic carbocycles. The third kappa shape index (κ3) is 8.52. The van der Waals surface area contributed by atoms with Crippen molar-refractivity contribution in [1.82, 2.24) is 0 Å². The van der Waals surface area contributed by atoms with Crippen molar-refractivity contribution in [2.75, 3.05) is 15.9 Å². The lowest BCUT2D eigenvalue weighted by molar-refractivity contribution is 0.209. The molecule has 4 rings (SSSR count). The van der Waals surface area contributed by atoms with Gasteiger partial charge >= 0.3 is 0 Å². The number of ether oxygens (including phenoxy) is 2. The summed E-state index contributed by atoms with van der Waals surface area (Å²) in [6.45, 7) is 7.48. The molecular weight excluding hydrogens is 520 g/mol. The molecule has 0 saturated heterocycles.